The summed E-state index contributed by atoms with van der Waals surface area (Å²) in [6, 6.07) is 0. The van der Waals surface area contributed by atoms with Crippen LogP contribution in [0.4, 0.5) is 0 Å². The fourth-order valence-electron chi connectivity index (χ4n) is 8.88. The highest BCUT2D eigenvalue weighted by molar-refractivity contribution is 7.47. The second-order valence-corrected chi connectivity index (χ2v) is 25.8. The molecule has 0 amide bonds. The van der Waals surface area contributed by atoms with Gasteiger partial charge in [-0.3, -0.25) is 32.5 Å². The molecule has 5 unspecified atom stereocenters. The number of phosphoric ester groups is 2. The molecule has 5 atom stereocenters. The minimum atomic E-state index is -4.93. The molecular formula is C73H124O16P2. The average molecular weight is 1320 g/mol. The van der Waals surface area contributed by atoms with Crippen molar-refractivity contribution in [2.45, 2.75) is 283 Å². The van der Waals surface area contributed by atoms with Gasteiger partial charge in [0.25, 0.3) is 0 Å². The van der Waals surface area contributed by atoms with Crippen molar-refractivity contribution in [3.8, 4) is 0 Å². The quantitative estimate of drug-likeness (QED) is 0.0146. The number of hydrogen-bond donors (Lipinski definition) is 4. The number of rotatable bonds is 65. The Kier molecular flexibility index (Phi) is 63.1. The van der Waals surface area contributed by atoms with Crippen LogP contribution in [-0.4, -0.2) is 95.9 Å². The molecule has 0 heterocycles. The molecule has 4 N–H and O–H groups in total. The number of unbranched alkanes of at least 4 members (excludes halogenated alkanes) is 22. The molecule has 91 heavy (non-hydrogen) atoms. The maximum atomic E-state index is 12.9. The SMILES string of the molecule is CC/C=C\C/C=C\C/C=C\C/C=C\C/C=C\CCCCCCCCCC(=O)OCC(O)COP(=O)(O)OCC(O)COP(=O)(O)OCC(COC(=O)CCCCCCCCC/C=C\C/C=C\C/C=C\CC)OC(=O)CCCCCCC/C=C\C/C=C\CCCCC. The largest absolute Gasteiger partial charge is 0.472 e. The van der Waals surface area contributed by atoms with Gasteiger partial charge >= 0.3 is 33.6 Å². The van der Waals surface area contributed by atoms with Crippen LogP contribution >= 0.6 is 15.6 Å². The monoisotopic (exact) mass is 1320 g/mol. The van der Waals surface area contributed by atoms with Crippen molar-refractivity contribution in [2.24, 2.45) is 0 Å². The van der Waals surface area contributed by atoms with Crippen molar-refractivity contribution < 1.29 is 75.8 Å². The molecule has 0 radical (unpaired) electrons. The molecule has 0 aromatic carbocycles. The highest BCUT2D eigenvalue weighted by Crippen LogP contribution is 2.45. The molecule has 0 aliphatic carbocycles. The zero-order valence-electron chi connectivity index (χ0n) is 56.5. The second kappa shape index (κ2) is 66.0. The highest BCUT2D eigenvalue weighted by Gasteiger charge is 2.29. The Morgan fingerprint density at radius 3 is 0.923 bits per heavy atom. The minimum absolute atomic E-state index is 0.0839. The van der Waals surface area contributed by atoms with E-state index in [1.807, 2.05) is 0 Å². The van der Waals surface area contributed by atoms with Gasteiger partial charge < -0.3 is 34.2 Å². The number of aliphatic hydroxyl groups is 2. The Hall–Kier alpha value is -4.05. The molecule has 18 heteroatoms. The highest BCUT2D eigenvalue weighted by atomic mass is 31.2. The predicted molar refractivity (Wildman–Crippen MR) is 371 cm³/mol. The lowest BCUT2D eigenvalue weighted by Gasteiger charge is -2.21. The first-order valence-corrected chi connectivity index (χ1v) is 37.8. The Morgan fingerprint density at radius 2 is 0.582 bits per heavy atom. The van der Waals surface area contributed by atoms with Gasteiger partial charge in [0.2, 0.25) is 0 Å². The number of esters is 3. The smallest absolute Gasteiger partial charge is 0.463 e. The van der Waals surface area contributed by atoms with Gasteiger partial charge in [-0.1, -0.05) is 239 Å². The second-order valence-electron chi connectivity index (χ2n) is 22.9. The fourth-order valence-corrected chi connectivity index (χ4v) is 10.5. The first-order chi connectivity index (χ1) is 44.2. The van der Waals surface area contributed by atoms with Crippen molar-refractivity contribution in [1.82, 2.24) is 0 Å². The van der Waals surface area contributed by atoms with E-state index in [0.717, 1.165) is 186 Å². The summed E-state index contributed by atoms with van der Waals surface area (Å²) in [7, 11) is -9.79. The van der Waals surface area contributed by atoms with Crippen molar-refractivity contribution in [2.75, 3.05) is 39.6 Å². The molecule has 0 aliphatic rings. The molecule has 0 aromatic rings. The fraction of sp³-hybridized carbons (Fsp3) is 0.685. The summed E-state index contributed by atoms with van der Waals surface area (Å²) < 4.78 is 60.9. The number of carbonyl (C=O) groups is 3. The zero-order chi connectivity index (χ0) is 66.7. The van der Waals surface area contributed by atoms with Gasteiger partial charge in [0.1, 0.15) is 25.4 Å². The molecule has 16 nitrogen and oxygen atoms in total. The number of phosphoric acid groups is 2. The number of ether oxygens (including phenoxy) is 3. The maximum Gasteiger partial charge on any atom is 0.472 e. The van der Waals surface area contributed by atoms with E-state index < -0.39 is 91.5 Å². The van der Waals surface area contributed by atoms with Gasteiger partial charge in [-0.05, 0) is 128 Å². The van der Waals surface area contributed by atoms with Crippen molar-refractivity contribution in [1.29, 1.82) is 0 Å². The third kappa shape index (κ3) is 67.2. The molecule has 0 fully saturated rings. The molecule has 522 valence electrons. The molecular weight excluding hydrogens is 1190 g/mol. The van der Waals surface area contributed by atoms with Crippen LogP contribution in [0, 0.1) is 0 Å². The topological polar surface area (TPSA) is 231 Å². The first kappa shape index (κ1) is 87.0. The van der Waals surface area contributed by atoms with Crippen molar-refractivity contribution in [3.05, 3.63) is 122 Å². The van der Waals surface area contributed by atoms with E-state index in [1.165, 1.54) is 19.3 Å². The lowest BCUT2D eigenvalue weighted by atomic mass is 10.1. The van der Waals surface area contributed by atoms with Crippen molar-refractivity contribution in [3.63, 3.8) is 0 Å². The van der Waals surface area contributed by atoms with E-state index in [-0.39, 0.29) is 19.3 Å². The van der Waals surface area contributed by atoms with Crippen LogP contribution in [0.15, 0.2) is 122 Å². The summed E-state index contributed by atoms with van der Waals surface area (Å²) >= 11 is 0. The normalized spacial score (nSPS) is 14.9. The average Bonchev–Trinajstić information content (AvgIpc) is 3.63. The van der Waals surface area contributed by atoms with Crippen LogP contribution in [0.5, 0.6) is 0 Å². The summed E-state index contributed by atoms with van der Waals surface area (Å²) in [5.74, 6) is -1.61. The van der Waals surface area contributed by atoms with E-state index in [9.17, 15) is 43.5 Å². The minimum Gasteiger partial charge on any atom is -0.463 e. The van der Waals surface area contributed by atoms with E-state index in [2.05, 4.69) is 142 Å². The summed E-state index contributed by atoms with van der Waals surface area (Å²) in [4.78, 5) is 58.4. The Bertz CT molecular complexity index is 2140. The van der Waals surface area contributed by atoms with Crippen LogP contribution in [0.25, 0.3) is 0 Å². The summed E-state index contributed by atoms with van der Waals surface area (Å²) in [5, 5.41) is 20.6. The predicted octanol–water partition coefficient (Wildman–Crippen LogP) is 19.4. The van der Waals surface area contributed by atoms with Gasteiger partial charge in [-0.2, -0.15) is 0 Å². The van der Waals surface area contributed by atoms with Gasteiger partial charge in [-0.25, -0.2) is 9.13 Å². The number of hydrogen-bond acceptors (Lipinski definition) is 14. The zero-order valence-corrected chi connectivity index (χ0v) is 58.3. The van der Waals surface area contributed by atoms with Crippen LogP contribution in [0.1, 0.15) is 265 Å². The van der Waals surface area contributed by atoms with Gasteiger partial charge in [0.15, 0.2) is 6.10 Å². The van der Waals surface area contributed by atoms with Gasteiger partial charge in [0, 0.05) is 19.3 Å². The molecule has 0 aliphatic heterocycles. The molecule has 0 aromatic heterocycles. The lowest BCUT2D eigenvalue weighted by molar-refractivity contribution is -0.161. The molecule has 0 spiro atoms. The van der Waals surface area contributed by atoms with Crippen LogP contribution < -0.4 is 0 Å². The molecule has 0 saturated carbocycles. The number of aliphatic hydroxyl groups excluding tert-OH is 2. The number of carbonyl (C=O) groups excluding carboxylic acids is 3. The Balaban J connectivity index is 4.64. The number of allylic oxidation sites excluding steroid dienone is 20. The summed E-state index contributed by atoms with van der Waals surface area (Å²) in [5.41, 5.74) is 0. The van der Waals surface area contributed by atoms with Crippen LogP contribution in [-0.2, 0) is 55.8 Å². The van der Waals surface area contributed by atoms with Crippen LogP contribution in [0.3, 0.4) is 0 Å². The lowest BCUT2D eigenvalue weighted by Crippen LogP contribution is -2.30. The maximum absolute atomic E-state index is 12.9. The van der Waals surface area contributed by atoms with E-state index in [4.69, 9.17) is 32.3 Å². The van der Waals surface area contributed by atoms with Crippen molar-refractivity contribution >= 4 is 33.6 Å². The van der Waals surface area contributed by atoms with Gasteiger partial charge in [0.05, 0.1) is 26.4 Å². The van der Waals surface area contributed by atoms with E-state index in [1.54, 1.807) is 0 Å². The molecule has 0 bridgehead atoms. The summed E-state index contributed by atoms with van der Waals surface area (Å²) in [6.07, 6.45) is 75.3. The van der Waals surface area contributed by atoms with Gasteiger partial charge in [-0.15, -0.1) is 0 Å². The molecule has 0 rings (SSSR count). The Labute approximate surface area is 551 Å². The third-order valence-corrected chi connectivity index (χ3v) is 16.1. The standard InChI is InChI=1S/C73H124O16P2/c1-4-7-10-13-16-19-22-25-28-30-31-32-33-34-35-37-40-41-44-47-50-53-56-59-71(76)83-62-68(74)63-85-90(79,80)86-64-69(75)65-87-91(81,82)88-67-70(89-73(78)61-58-55-52-49-46-43-38-27-24-21-18-15-12-9-6-3)66-84-72(77)60-57-54-51-48-45-42-39-36-29-26-23-20-17-14-11-8-5-2/h7-8,10-11,16-21,25-29,31-32,34-35,38,68-70,74-75H,4-6,9,12-15,22-24,30,33,36-37,39-67H2,1-3H3,(H,79,80)(H,81,82)/b10-7-,11-8-,19-16-,20-17-,21-18-,28-25-,29-26-,32-31-,35-34-,38-27-. The first-order valence-electron chi connectivity index (χ1n) is 34.8. The van der Waals surface area contributed by atoms with E-state index >= 15 is 0 Å². The molecule has 0 saturated heterocycles. The van der Waals surface area contributed by atoms with Crippen LogP contribution in [0.2, 0.25) is 0 Å². The third-order valence-electron chi connectivity index (χ3n) is 14.2. The Morgan fingerprint density at radius 1 is 0.319 bits per heavy atom. The van der Waals surface area contributed by atoms with E-state index in [0.29, 0.717) is 19.3 Å². The summed E-state index contributed by atoms with van der Waals surface area (Å²) in [6.45, 7) is 2.37.